The molecule has 0 heterocycles. The highest BCUT2D eigenvalue weighted by atomic mass is 16.5. The maximum absolute atomic E-state index is 5.67. The number of benzene rings is 1. The highest BCUT2D eigenvalue weighted by molar-refractivity contribution is 5.47. The Bertz CT molecular complexity index is 378. The highest BCUT2D eigenvalue weighted by Crippen LogP contribution is 2.52. The Balaban J connectivity index is 2.52. The summed E-state index contributed by atoms with van der Waals surface area (Å²) >= 11 is 0. The van der Waals surface area contributed by atoms with E-state index in [9.17, 15) is 0 Å². The van der Waals surface area contributed by atoms with Crippen LogP contribution in [0.4, 0.5) is 0 Å². The minimum absolute atomic E-state index is 0.0336. The van der Waals surface area contributed by atoms with Gasteiger partial charge in [0, 0.05) is 12.7 Å². The summed E-state index contributed by atoms with van der Waals surface area (Å²) in [5.41, 5.74) is 2.57. The molecule has 88 valence electrons. The molecule has 0 amide bonds. The number of hydrogen-bond acceptors (Lipinski definition) is 2. The van der Waals surface area contributed by atoms with E-state index in [0.717, 1.165) is 18.6 Å². The van der Waals surface area contributed by atoms with Gasteiger partial charge in [-0.3, -0.25) is 0 Å². The third-order valence-electron chi connectivity index (χ3n) is 3.45. The molecule has 2 nitrogen and oxygen atoms in total. The average Bonchev–Trinajstić information content (AvgIpc) is 3.08. The highest BCUT2D eigenvalue weighted by Gasteiger charge is 2.46. The second-order valence-electron chi connectivity index (χ2n) is 4.77. The molecular formula is C14H20O2. The summed E-state index contributed by atoms with van der Waals surface area (Å²) in [6.07, 6.45) is 2.24. The van der Waals surface area contributed by atoms with Crippen molar-refractivity contribution in [2.45, 2.75) is 38.2 Å². The van der Waals surface area contributed by atoms with Crippen LogP contribution in [0, 0.1) is 0 Å². The van der Waals surface area contributed by atoms with Gasteiger partial charge in [0.25, 0.3) is 0 Å². The second-order valence-corrected chi connectivity index (χ2v) is 4.77. The Morgan fingerprint density at radius 3 is 2.31 bits per heavy atom. The Morgan fingerprint density at radius 1 is 1.19 bits per heavy atom. The molecule has 0 aliphatic heterocycles. The van der Waals surface area contributed by atoms with Gasteiger partial charge in [0.1, 0.15) is 5.75 Å². The van der Waals surface area contributed by atoms with Crippen LogP contribution in [-0.2, 0) is 10.3 Å². The van der Waals surface area contributed by atoms with E-state index >= 15 is 0 Å². The van der Waals surface area contributed by atoms with E-state index in [-0.39, 0.29) is 5.60 Å². The Morgan fingerprint density at radius 2 is 1.88 bits per heavy atom. The summed E-state index contributed by atoms with van der Waals surface area (Å²) in [4.78, 5) is 0. The first-order valence-corrected chi connectivity index (χ1v) is 5.87. The number of hydrogen-bond donors (Lipinski definition) is 0. The van der Waals surface area contributed by atoms with Gasteiger partial charge < -0.3 is 9.47 Å². The number of rotatable bonds is 4. The molecule has 1 aliphatic rings. The van der Waals surface area contributed by atoms with Crippen LogP contribution in [0.25, 0.3) is 0 Å². The molecule has 1 aromatic carbocycles. The van der Waals surface area contributed by atoms with Gasteiger partial charge >= 0.3 is 0 Å². The molecule has 1 saturated carbocycles. The number of ether oxygens (including phenoxy) is 2. The normalized spacial score (nSPS) is 17.6. The molecular weight excluding hydrogens is 200 g/mol. The lowest BCUT2D eigenvalue weighted by Gasteiger charge is -2.22. The van der Waals surface area contributed by atoms with Crippen LogP contribution >= 0.6 is 0 Å². The van der Waals surface area contributed by atoms with Crippen molar-refractivity contribution in [1.29, 1.82) is 0 Å². The molecule has 2 rings (SSSR count). The van der Waals surface area contributed by atoms with Gasteiger partial charge in [0.15, 0.2) is 0 Å². The van der Waals surface area contributed by atoms with Crippen molar-refractivity contribution < 1.29 is 9.47 Å². The van der Waals surface area contributed by atoms with Crippen molar-refractivity contribution in [2.24, 2.45) is 0 Å². The molecule has 1 aromatic rings. The smallest absolute Gasteiger partial charge is 0.122 e. The van der Waals surface area contributed by atoms with Crippen LogP contribution in [0.2, 0.25) is 0 Å². The van der Waals surface area contributed by atoms with Crippen molar-refractivity contribution in [3.63, 3.8) is 0 Å². The lowest BCUT2D eigenvalue weighted by Crippen LogP contribution is -2.13. The third kappa shape index (κ3) is 1.71. The zero-order chi connectivity index (χ0) is 11.8. The largest absolute Gasteiger partial charge is 0.496 e. The molecule has 1 fully saturated rings. The average molecular weight is 220 g/mol. The maximum Gasteiger partial charge on any atom is 0.122 e. The fourth-order valence-electron chi connectivity index (χ4n) is 2.41. The molecule has 0 unspecified atom stereocenters. The van der Waals surface area contributed by atoms with Crippen molar-refractivity contribution in [1.82, 2.24) is 0 Å². The summed E-state index contributed by atoms with van der Waals surface area (Å²) in [6, 6.07) is 6.26. The third-order valence-corrected chi connectivity index (χ3v) is 3.45. The van der Waals surface area contributed by atoms with Crippen molar-refractivity contribution in [3.05, 3.63) is 29.3 Å². The predicted molar refractivity (Wildman–Crippen MR) is 65.0 cm³/mol. The van der Waals surface area contributed by atoms with Crippen molar-refractivity contribution >= 4 is 0 Å². The molecule has 1 aliphatic carbocycles. The molecule has 0 aromatic heterocycles. The van der Waals surface area contributed by atoms with Crippen LogP contribution in [0.5, 0.6) is 5.75 Å². The van der Waals surface area contributed by atoms with Gasteiger partial charge in [-0.15, -0.1) is 0 Å². The molecule has 0 spiro atoms. The minimum Gasteiger partial charge on any atom is -0.496 e. The molecule has 0 N–H and O–H groups in total. The Labute approximate surface area is 97.6 Å². The van der Waals surface area contributed by atoms with E-state index in [2.05, 4.69) is 26.0 Å². The summed E-state index contributed by atoms with van der Waals surface area (Å²) < 4.78 is 11.1. The zero-order valence-corrected chi connectivity index (χ0v) is 10.5. The monoisotopic (exact) mass is 220 g/mol. The van der Waals surface area contributed by atoms with Gasteiger partial charge in [-0.05, 0) is 30.4 Å². The van der Waals surface area contributed by atoms with E-state index in [0.29, 0.717) is 5.92 Å². The number of methoxy groups -OCH3 is 2. The SMILES string of the molecule is COc1cccc(C2(OC)CC2)c1C(C)C. The van der Waals surface area contributed by atoms with E-state index < -0.39 is 0 Å². The van der Waals surface area contributed by atoms with Crippen LogP contribution in [0.3, 0.4) is 0 Å². The molecule has 0 radical (unpaired) electrons. The summed E-state index contributed by atoms with van der Waals surface area (Å²) in [5.74, 6) is 1.44. The minimum atomic E-state index is -0.0336. The second kappa shape index (κ2) is 4.10. The first-order chi connectivity index (χ1) is 7.64. The predicted octanol–water partition coefficient (Wildman–Crippen LogP) is 3.45. The maximum atomic E-state index is 5.67. The summed E-state index contributed by atoms with van der Waals surface area (Å²) in [6.45, 7) is 4.40. The lowest BCUT2D eigenvalue weighted by atomic mass is 9.91. The van der Waals surface area contributed by atoms with Crippen LogP contribution in [-0.4, -0.2) is 14.2 Å². The van der Waals surface area contributed by atoms with Crippen LogP contribution < -0.4 is 4.74 Å². The van der Waals surface area contributed by atoms with Gasteiger partial charge in [-0.2, -0.15) is 0 Å². The molecule has 0 bridgehead atoms. The molecule has 2 heteroatoms. The van der Waals surface area contributed by atoms with E-state index in [1.54, 1.807) is 14.2 Å². The molecule has 16 heavy (non-hydrogen) atoms. The van der Waals surface area contributed by atoms with Crippen molar-refractivity contribution in [2.75, 3.05) is 14.2 Å². The molecule has 0 saturated heterocycles. The van der Waals surface area contributed by atoms with Gasteiger partial charge in [0.05, 0.1) is 12.7 Å². The van der Waals surface area contributed by atoms with E-state index in [1.807, 2.05) is 6.07 Å². The van der Waals surface area contributed by atoms with Crippen LogP contribution in [0.1, 0.15) is 43.7 Å². The van der Waals surface area contributed by atoms with Crippen molar-refractivity contribution in [3.8, 4) is 5.75 Å². The lowest BCUT2D eigenvalue weighted by molar-refractivity contribution is 0.0776. The van der Waals surface area contributed by atoms with E-state index in [1.165, 1.54) is 11.1 Å². The zero-order valence-electron chi connectivity index (χ0n) is 10.5. The summed E-state index contributed by atoms with van der Waals surface area (Å²) in [5, 5.41) is 0. The fraction of sp³-hybridized carbons (Fsp3) is 0.571. The topological polar surface area (TPSA) is 18.5 Å². The quantitative estimate of drug-likeness (QED) is 0.773. The Hall–Kier alpha value is -1.02. The first kappa shape index (κ1) is 11.5. The van der Waals surface area contributed by atoms with Gasteiger partial charge in [-0.25, -0.2) is 0 Å². The summed E-state index contributed by atoms with van der Waals surface area (Å²) in [7, 11) is 3.54. The first-order valence-electron chi connectivity index (χ1n) is 5.87. The fourth-order valence-corrected chi connectivity index (χ4v) is 2.41. The van der Waals surface area contributed by atoms with E-state index in [4.69, 9.17) is 9.47 Å². The Kier molecular flexibility index (Phi) is 2.94. The molecule has 0 atom stereocenters. The standard InChI is InChI=1S/C14H20O2/c1-10(2)13-11(14(16-4)8-9-14)6-5-7-12(13)15-3/h5-7,10H,8-9H2,1-4H3. The van der Waals surface area contributed by atoms with Gasteiger partial charge in [0.2, 0.25) is 0 Å². The van der Waals surface area contributed by atoms with Gasteiger partial charge in [-0.1, -0.05) is 26.0 Å². The van der Waals surface area contributed by atoms with Crippen LogP contribution in [0.15, 0.2) is 18.2 Å².